The number of halogens is 1. The highest BCUT2D eigenvalue weighted by atomic mass is 35.5. The fourth-order valence-electron chi connectivity index (χ4n) is 3.90. The Balaban J connectivity index is 1.51. The first kappa shape index (κ1) is 22.6. The van der Waals surface area contributed by atoms with Gasteiger partial charge < -0.3 is 19.9 Å². The number of carbonyl (C=O) groups is 1. The number of ether oxygens (including phenoxy) is 1. The van der Waals surface area contributed by atoms with Crippen LogP contribution in [0.1, 0.15) is 15.2 Å². The van der Waals surface area contributed by atoms with Gasteiger partial charge >= 0.3 is 5.97 Å². The van der Waals surface area contributed by atoms with E-state index >= 15 is 0 Å². The summed E-state index contributed by atoms with van der Waals surface area (Å²) in [7, 11) is 1.40. The molecule has 0 aliphatic carbocycles. The zero-order valence-electron chi connectivity index (χ0n) is 17.9. The van der Waals surface area contributed by atoms with Crippen molar-refractivity contribution in [1.82, 2.24) is 4.90 Å². The second-order valence-corrected chi connectivity index (χ2v) is 9.53. The maximum absolute atomic E-state index is 12.7. The lowest BCUT2D eigenvalue weighted by atomic mass is 10.0. The van der Waals surface area contributed by atoms with E-state index in [0.29, 0.717) is 10.7 Å². The van der Waals surface area contributed by atoms with Crippen LogP contribution in [0.3, 0.4) is 0 Å². The van der Waals surface area contributed by atoms with Gasteiger partial charge in [-0.1, -0.05) is 48.0 Å². The molecule has 0 atom stereocenters. The van der Waals surface area contributed by atoms with Crippen molar-refractivity contribution < 1.29 is 9.53 Å². The summed E-state index contributed by atoms with van der Waals surface area (Å²) < 4.78 is 5.11. The van der Waals surface area contributed by atoms with Crippen molar-refractivity contribution in [2.45, 2.75) is 6.92 Å². The number of thiophene rings is 1. The van der Waals surface area contributed by atoms with Crippen LogP contribution < -0.4 is 10.2 Å². The second kappa shape index (κ2) is 9.90. The van der Waals surface area contributed by atoms with Crippen LogP contribution in [-0.4, -0.2) is 49.3 Å². The molecule has 0 spiro atoms. The van der Waals surface area contributed by atoms with Crippen LogP contribution >= 0.6 is 35.2 Å². The van der Waals surface area contributed by atoms with Gasteiger partial charge in [0.25, 0.3) is 0 Å². The van der Waals surface area contributed by atoms with Gasteiger partial charge in [-0.05, 0) is 42.9 Å². The van der Waals surface area contributed by atoms with Gasteiger partial charge in [0, 0.05) is 47.3 Å². The van der Waals surface area contributed by atoms with E-state index in [9.17, 15) is 4.79 Å². The molecule has 2 heterocycles. The molecular formula is C24H24ClN3O2S2. The molecule has 1 aliphatic heterocycles. The number of nitrogens with zero attached hydrogens (tertiary/aromatic N) is 2. The fraction of sp³-hybridized carbons (Fsp3) is 0.250. The standard InChI is InChI=1S/C24H24ClN3O2S2/c1-16-20(17-7-4-3-5-8-17)21(23(29)30-2)22(32-16)26-24(31)28-13-11-27(12-14-28)19-10-6-9-18(25)15-19/h3-10,15H,11-14H2,1-2H3,(H,26,31). The summed E-state index contributed by atoms with van der Waals surface area (Å²) in [4.78, 5) is 18.2. The largest absolute Gasteiger partial charge is 0.465 e. The van der Waals surface area contributed by atoms with Crippen LogP contribution in [0.2, 0.25) is 5.02 Å². The van der Waals surface area contributed by atoms with Gasteiger partial charge in [-0.15, -0.1) is 11.3 Å². The number of esters is 1. The lowest BCUT2D eigenvalue weighted by molar-refractivity contribution is 0.0603. The number of aryl methyl sites for hydroxylation is 1. The summed E-state index contributed by atoms with van der Waals surface area (Å²) in [5.41, 5.74) is 3.51. The third-order valence-electron chi connectivity index (χ3n) is 5.50. The molecule has 1 N–H and O–H groups in total. The summed E-state index contributed by atoms with van der Waals surface area (Å²) in [6.07, 6.45) is 0. The van der Waals surface area contributed by atoms with Crippen LogP contribution in [0.5, 0.6) is 0 Å². The zero-order chi connectivity index (χ0) is 22.7. The van der Waals surface area contributed by atoms with Gasteiger partial charge in [-0.2, -0.15) is 0 Å². The minimum Gasteiger partial charge on any atom is -0.465 e. The minimum absolute atomic E-state index is 0.371. The van der Waals surface area contributed by atoms with Crippen LogP contribution in [0.15, 0.2) is 54.6 Å². The van der Waals surface area contributed by atoms with Crippen molar-refractivity contribution in [3.05, 3.63) is 70.1 Å². The summed E-state index contributed by atoms with van der Waals surface area (Å²) >= 11 is 13.4. The van der Waals surface area contributed by atoms with Crippen molar-refractivity contribution in [2.75, 3.05) is 43.5 Å². The Morgan fingerprint density at radius 1 is 1.09 bits per heavy atom. The Bertz CT molecular complexity index is 1130. The van der Waals surface area contributed by atoms with E-state index in [0.717, 1.165) is 57.9 Å². The molecule has 1 aromatic heterocycles. The number of benzene rings is 2. The average molecular weight is 486 g/mol. The monoisotopic (exact) mass is 485 g/mol. The number of hydrogen-bond donors (Lipinski definition) is 1. The normalized spacial score (nSPS) is 13.7. The third kappa shape index (κ3) is 4.75. The second-order valence-electron chi connectivity index (χ2n) is 7.48. The first-order valence-corrected chi connectivity index (χ1v) is 11.9. The van der Waals surface area contributed by atoms with Gasteiger partial charge in [-0.3, -0.25) is 0 Å². The molecule has 4 rings (SSSR count). The maximum atomic E-state index is 12.7. The number of piperazine rings is 1. The van der Waals surface area contributed by atoms with Gasteiger partial charge in [0.1, 0.15) is 10.6 Å². The lowest BCUT2D eigenvalue weighted by Gasteiger charge is -2.37. The average Bonchev–Trinajstić information content (AvgIpc) is 3.14. The zero-order valence-corrected chi connectivity index (χ0v) is 20.3. The van der Waals surface area contributed by atoms with E-state index in [2.05, 4.69) is 21.2 Å². The van der Waals surface area contributed by atoms with E-state index in [-0.39, 0.29) is 5.97 Å². The molecule has 2 aromatic carbocycles. The lowest BCUT2D eigenvalue weighted by Crippen LogP contribution is -2.50. The van der Waals surface area contributed by atoms with Crippen LogP contribution in [0, 0.1) is 6.92 Å². The Labute approximate surface area is 202 Å². The highest BCUT2D eigenvalue weighted by molar-refractivity contribution is 7.80. The number of thiocarbonyl (C=S) groups is 1. The van der Waals surface area contributed by atoms with Crippen LogP contribution in [-0.2, 0) is 4.74 Å². The highest BCUT2D eigenvalue weighted by Gasteiger charge is 2.26. The molecule has 0 radical (unpaired) electrons. The molecular weight excluding hydrogens is 462 g/mol. The van der Waals surface area contributed by atoms with E-state index in [1.165, 1.54) is 18.4 Å². The summed E-state index contributed by atoms with van der Waals surface area (Å²) in [6.45, 7) is 5.25. The molecule has 1 fully saturated rings. The van der Waals surface area contributed by atoms with Gasteiger partial charge in [0.05, 0.1) is 7.11 Å². The third-order valence-corrected chi connectivity index (χ3v) is 7.11. The molecule has 32 heavy (non-hydrogen) atoms. The number of anilines is 2. The molecule has 0 amide bonds. The Morgan fingerprint density at radius 2 is 1.81 bits per heavy atom. The Morgan fingerprint density at radius 3 is 2.47 bits per heavy atom. The molecule has 8 heteroatoms. The van der Waals surface area contributed by atoms with E-state index < -0.39 is 0 Å². The minimum atomic E-state index is -0.371. The SMILES string of the molecule is COC(=O)c1c(NC(=S)N2CCN(c3cccc(Cl)c3)CC2)sc(C)c1-c1ccccc1. The topological polar surface area (TPSA) is 44.8 Å². The number of methoxy groups -OCH3 is 1. The molecule has 1 saturated heterocycles. The molecule has 0 bridgehead atoms. The van der Waals surface area contributed by atoms with Gasteiger partial charge in [0.2, 0.25) is 0 Å². The van der Waals surface area contributed by atoms with E-state index in [1.807, 2.05) is 55.5 Å². The van der Waals surface area contributed by atoms with Crippen molar-refractivity contribution >= 4 is 56.9 Å². The first-order chi connectivity index (χ1) is 15.5. The van der Waals surface area contributed by atoms with Gasteiger partial charge in [0.15, 0.2) is 5.11 Å². The fourth-order valence-corrected chi connectivity index (χ4v) is 5.50. The smallest absolute Gasteiger partial charge is 0.341 e. The quantitative estimate of drug-likeness (QED) is 0.378. The van der Waals surface area contributed by atoms with Crippen molar-refractivity contribution in [2.24, 2.45) is 0 Å². The number of rotatable bonds is 4. The van der Waals surface area contributed by atoms with E-state index in [4.69, 9.17) is 28.6 Å². The summed E-state index contributed by atoms with van der Waals surface area (Å²) in [5, 5.41) is 5.39. The van der Waals surface area contributed by atoms with Crippen LogP contribution in [0.25, 0.3) is 11.1 Å². The molecule has 5 nitrogen and oxygen atoms in total. The molecule has 0 unspecified atom stereocenters. The first-order valence-electron chi connectivity index (χ1n) is 10.3. The van der Waals surface area contributed by atoms with Gasteiger partial charge in [-0.25, -0.2) is 4.79 Å². The highest BCUT2D eigenvalue weighted by Crippen LogP contribution is 2.40. The summed E-state index contributed by atoms with van der Waals surface area (Å²) in [6, 6.07) is 17.8. The Hall–Kier alpha value is -2.61. The molecule has 1 aliphatic rings. The predicted octanol–water partition coefficient (Wildman–Crippen LogP) is 5.68. The molecule has 0 saturated carbocycles. The van der Waals surface area contributed by atoms with Crippen molar-refractivity contribution in [3.63, 3.8) is 0 Å². The van der Waals surface area contributed by atoms with Crippen molar-refractivity contribution in [3.8, 4) is 11.1 Å². The summed E-state index contributed by atoms with van der Waals surface area (Å²) in [5.74, 6) is -0.371. The molecule has 3 aromatic rings. The number of nitrogens with one attached hydrogen (secondary N) is 1. The van der Waals surface area contributed by atoms with Crippen molar-refractivity contribution in [1.29, 1.82) is 0 Å². The van der Waals surface area contributed by atoms with Crippen LogP contribution in [0.4, 0.5) is 10.7 Å². The maximum Gasteiger partial charge on any atom is 0.341 e. The number of carbonyl (C=O) groups excluding carboxylic acids is 1. The Kier molecular flexibility index (Phi) is 6.98. The molecule has 166 valence electrons. The van der Waals surface area contributed by atoms with E-state index in [1.54, 1.807) is 0 Å². The predicted molar refractivity (Wildman–Crippen MR) is 137 cm³/mol. The number of hydrogen-bond acceptors (Lipinski definition) is 5.